The second-order valence-electron chi connectivity index (χ2n) is 2.56. The van der Waals surface area contributed by atoms with Gasteiger partial charge >= 0.3 is 0 Å². The Balaban J connectivity index is 2.49. The lowest BCUT2D eigenvalue weighted by Gasteiger charge is -2.01. The summed E-state index contributed by atoms with van der Waals surface area (Å²) >= 11 is 10.2. The van der Waals surface area contributed by atoms with Crippen LogP contribution in [0.2, 0.25) is 5.02 Å². The fourth-order valence-electron chi connectivity index (χ4n) is 0.999. The van der Waals surface area contributed by atoms with Gasteiger partial charge in [0.15, 0.2) is 3.70 Å². The van der Waals surface area contributed by atoms with Crippen molar-refractivity contribution in [3.05, 3.63) is 36.7 Å². The van der Waals surface area contributed by atoms with E-state index in [2.05, 4.69) is 55.5 Å². The number of nitrogens with zero attached hydrogens (tertiary/aromatic N) is 3. The van der Waals surface area contributed by atoms with Crippen molar-refractivity contribution in [2.75, 3.05) is 0 Å². The van der Waals surface area contributed by atoms with Crippen LogP contribution in [0.4, 0.5) is 0 Å². The third-order valence-electron chi connectivity index (χ3n) is 1.65. The summed E-state index contributed by atoms with van der Waals surface area (Å²) < 4.78 is 3.68. The first kappa shape index (κ1) is 10.6. The van der Waals surface area contributed by atoms with Crippen LogP contribution in [0.25, 0.3) is 5.69 Å². The van der Waals surface area contributed by atoms with Gasteiger partial charge in [-0.3, -0.25) is 0 Å². The van der Waals surface area contributed by atoms with E-state index in [4.69, 9.17) is 11.6 Å². The van der Waals surface area contributed by atoms with Gasteiger partial charge in [-0.25, -0.2) is 4.68 Å². The summed E-state index contributed by atoms with van der Waals surface area (Å²) in [6, 6.07) is 7.49. The molecule has 3 nitrogen and oxygen atoms in total. The number of rotatable bonds is 1. The molecule has 0 saturated carbocycles. The highest BCUT2D eigenvalue weighted by Gasteiger charge is 2.08. The summed E-state index contributed by atoms with van der Waals surface area (Å²) in [6.45, 7) is 0. The number of hydrogen-bond acceptors (Lipinski definition) is 2. The summed E-state index contributed by atoms with van der Waals surface area (Å²) in [4.78, 5) is 0. The maximum Gasteiger partial charge on any atom is 0.157 e. The quantitative estimate of drug-likeness (QED) is 0.650. The predicted molar refractivity (Wildman–Crippen MR) is 71.8 cm³/mol. The van der Waals surface area contributed by atoms with Crippen molar-refractivity contribution in [3.63, 3.8) is 0 Å². The Bertz CT molecular complexity index is 452. The highest BCUT2D eigenvalue weighted by Crippen LogP contribution is 2.18. The summed E-state index contributed by atoms with van der Waals surface area (Å²) in [6.07, 6.45) is 0. The van der Waals surface area contributed by atoms with Gasteiger partial charge in [-0.05, 0) is 69.4 Å². The second kappa shape index (κ2) is 4.31. The van der Waals surface area contributed by atoms with Gasteiger partial charge in [0.05, 0.1) is 5.69 Å². The van der Waals surface area contributed by atoms with Gasteiger partial charge in [0.1, 0.15) is 3.70 Å². The van der Waals surface area contributed by atoms with Crippen molar-refractivity contribution in [2.24, 2.45) is 0 Å². The molecule has 0 aliphatic carbocycles. The van der Waals surface area contributed by atoms with Gasteiger partial charge in [-0.15, -0.1) is 5.10 Å². The Morgan fingerprint density at radius 2 is 1.79 bits per heavy atom. The minimum atomic E-state index is 0.721. The average Bonchev–Trinajstić information content (AvgIpc) is 2.50. The summed E-state index contributed by atoms with van der Waals surface area (Å²) in [5.41, 5.74) is 0.967. The average molecular weight is 431 g/mol. The number of aromatic nitrogens is 3. The second-order valence-corrected chi connectivity index (χ2v) is 5.04. The number of benzene rings is 1. The molecule has 0 saturated heterocycles. The molecule has 0 atom stereocenters. The van der Waals surface area contributed by atoms with Crippen molar-refractivity contribution in [1.29, 1.82) is 0 Å². The van der Waals surface area contributed by atoms with Gasteiger partial charge in [0.25, 0.3) is 0 Å². The molecule has 2 aromatic rings. The molecule has 14 heavy (non-hydrogen) atoms. The minimum absolute atomic E-state index is 0.721. The summed E-state index contributed by atoms with van der Waals surface area (Å²) in [7, 11) is 0. The zero-order chi connectivity index (χ0) is 10.1. The third kappa shape index (κ3) is 2.03. The van der Waals surface area contributed by atoms with E-state index in [0.29, 0.717) is 0 Å². The van der Waals surface area contributed by atoms with Crippen LogP contribution >= 0.6 is 56.8 Å². The first-order chi connectivity index (χ1) is 6.68. The van der Waals surface area contributed by atoms with Crippen LogP contribution in [-0.4, -0.2) is 15.0 Å². The van der Waals surface area contributed by atoms with Crippen LogP contribution in [-0.2, 0) is 0 Å². The van der Waals surface area contributed by atoms with Crippen LogP contribution in [0.1, 0.15) is 0 Å². The molecule has 0 amide bonds. The Morgan fingerprint density at radius 3 is 2.29 bits per heavy atom. The number of hydrogen-bond donors (Lipinski definition) is 0. The molecule has 0 unspecified atom stereocenters. The van der Waals surface area contributed by atoms with Gasteiger partial charge in [0, 0.05) is 5.02 Å². The van der Waals surface area contributed by atoms with E-state index < -0.39 is 0 Å². The third-order valence-corrected chi connectivity index (χ3v) is 4.63. The van der Waals surface area contributed by atoms with Crippen molar-refractivity contribution in [2.45, 2.75) is 0 Å². The highest BCUT2D eigenvalue weighted by atomic mass is 127. The van der Waals surface area contributed by atoms with E-state index >= 15 is 0 Å². The Kier molecular flexibility index (Phi) is 3.27. The van der Waals surface area contributed by atoms with E-state index in [9.17, 15) is 0 Å². The van der Waals surface area contributed by atoms with E-state index in [-0.39, 0.29) is 0 Å². The molecular weight excluding hydrogens is 427 g/mol. The molecular formula is C8H4ClI2N3. The summed E-state index contributed by atoms with van der Waals surface area (Å²) in [5.74, 6) is 0. The van der Waals surface area contributed by atoms with Gasteiger partial charge in [-0.2, -0.15) is 0 Å². The van der Waals surface area contributed by atoms with Crippen molar-refractivity contribution < 1.29 is 0 Å². The molecule has 2 rings (SSSR count). The number of halogens is 3. The first-order valence-corrected chi connectivity index (χ1v) is 6.24. The van der Waals surface area contributed by atoms with Gasteiger partial charge in [-0.1, -0.05) is 16.8 Å². The van der Waals surface area contributed by atoms with Crippen molar-refractivity contribution in [1.82, 2.24) is 15.0 Å². The molecule has 1 aromatic carbocycles. The van der Waals surface area contributed by atoms with Crippen LogP contribution < -0.4 is 0 Å². The van der Waals surface area contributed by atoms with E-state index in [0.717, 1.165) is 18.1 Å². The molecule has 0 N–H and O–H groups in total. The Hall–Kier alpha value is 0.110. The molecule has 1 heterocycles. The maximum atomic E-state index is 5.80. The zero-order valence-electron chi connectivity index (χ0n) is 6.78. The smallest absolute Gasteiger partial charge is 0.157 e. The molecule has 1 aromatic heterocycles. The lowest BCUT2D eigenvalue weighted by Crippen LogP contribution is -1.98. The Morgan fingerprint density at radius 1 is 1.14 bits per heavy atom. The Labute approximate surface area is 113 Å². The van der Waals surface area contributed by atoms with Gasteiger partial charge < -0.3 is 0 Å². The molecule has 72 valence electrons. The van der Waals surface area contributed by atoms with Crippen molar-refractivity contribution >= 4 is 56.8 Å². The van der Waals surface area contributed by atoms with E-state index in [1.165, 1.54) is 0 Å². The maximum absolute atomic E-state index is 5.80. The lowest BCUT2D eigenvalue weighted by atomic mass is 10.3. The van der Waals surface area contributed by atoms with Crippen LogP contribution in [0.3, 0.4) is 0 Å². The van der Waals surface area contributed by atoms with Crippen molar-refractivity contribution in [3.8, 4) is 5.69 Å². The van der Waals surface area contributed by atoms with Gasteiger partial charge in [0.2, 0.25) is 0 Å². The molecule has 0 bridgehead atoms. The molecule has 0 aliphatic heterocycles. The first-order valence-electron chi connectivity index (χ1n) is 3.71. The van der Waals surface area contributed by atoms with Crippen LogP contribution in [0, 0.1) is 7.40 Å². The minimum Gasteiger partial charge on any atom is -0.206 e. The molecule has 0 radical (unpaired) electrons. The van der Waals surface area contributed by atoms with Crippen LogP contribution in [0.15, 0.2) is 24.3 Å². The SMILES string of the molecule is Clc1ccc(-n2nnc(I)c2I)cc1. The topological polar surface area (TPSA) is 30.7 Å². The highest BCUT2D eigenvalue weighted by molar-refractivity contribution is 14.1. The molecule has 6 heteroatoms. The summed E-state index contributed by atoms with van der Waals surface area (Å²) in [5, 5.41) is 8.72. The molecule has 0 aliphatic rings. The standard InChI is InChI=1S/C8H4ClI2N3/c9-5-1-3-6(4-2-5)14-8(11)7(10)12-13-14/h1-4H. The molecule has 0 spiro atoms. The predicted octanol–water partition coefficient (Wildman–Crippen LogP) is 3.13. The van der Waals surface area contributed by atoms with Crippen LogP contribution in [0.5, 0.6) is 0 Å². The fourth-order valence-corrected chi connectivity index (χ4v) is 1.93. The lowest BCUT2D eigenvalue weighted by molar-refractivity contribution is 0.790. The molecule has 0 fully saturated rings. The normalized spacial score (nSPS) is 10.5. The monoisotopic (exact) mass is 431 g/mol. The fraction of sp³-hybridized carbons (Fsp3) is 0. The van der Waals surface area contributed by atoms with E-state index in [1.54, 1.807) is 4.68 Å². The zero-order valence-corrected chi connectivity index (χ0v) is 11.9. The largest absolute Gasteiger partial charge is 0.206 e. The van der Waals surface area contributed by atoms with E-state index in [1.807, 2.05) is 24.3 Å².